The Morgan fingerprint density at radius 1 is 1.27 bits per heavy atom. The van der Waals surface area contributed by atoms with Gasteiger partial charge in [-0.1, -0.05) is 26.2 Å². The highest BCUT2D eigenvalue weighted by Crippen LogP contribution is 2.22. The van der Waals surface area contributed by atoms with Crippen LogP contribution in [0.1, 0.15) is 39.0 Å². The molecule has 22 heavy (non-hydrogen) atoms. The van der Waals surface area contributed by atoms with Crippen molar-refractivity contribution in [2.24, 2.45) is 10.9 Å². The van der Waals surface area contributed by atoms with Crippen molar-refractivity contribution in [3.05, 3.63) is 0 Å². The Morgan fingerprint density at radius 3 is 2.55 bits per heavy atom. The highest BCUT2D eigenvalue weighted by Gasteiger charge is 2.14. The van der Waals surface area contributed by atoms with Crippen molar-refractivity contribution in [3.63, 3.8) is 0 Å². The van der Waals surface area contributed by atoms with E-state index in [0.29, 0.717) is 5.25 Å². The second-order valence-electron chi connectivity index (χ2n) is 6.27. The first-order valence-corrected chi connectivity index (χ1v) is 9.56. The molecule has 1 fully saturated rings. The standard InChI is InChI=1S/C16H32N4OS/c1-13(22-4)10-17-16(19-12-15(21)20(2)3)18-11-14-8-6-5-7-9-14/h13-14H,5-12H2,1-4H3,(H2,17,18,19). The van der Waals surface area contributed by atoms with Gasteiger partial charge in [0.15, 0.2) is 5.96 Å². The number of guanidine groups is 1. The molecule has 6 heteroatoms. The summed E-state index contributed by atoms with van der Waals surface area (Å²) in [6, 6.07) is 0. The smallest absolute Gasteiger partial charge is 0.243 e. The normalized spacial score (nSPS) is 17.9. The van der Waals surface area contributed by atoms with E-state index in [4.69, 9.17) is 0 Å². The molecule has 0 saturated heterocycles. The van der Waals surface area contributed by atoms with Gasteiger partial charge in [0.1, 0.15) is 6.54 Å². The lowest BCUT2D eigenvalue weighted by Crippen LogP contribution is -2.43. The van der Waals surface area contributed by atoms with Gasteiger partial charge in [0.05, 0.1) is 0 Å². The van der Waals surface area contributed by atoms with Gasteiger partial charge in [-0.2, -0.15) is 11.8 Å². The molecule has 0 aromatic carbocycles. The van der Waals surface area contributed by atoms with E-state index in [-0.39, 0.29) is 12.5 Å². The van der Waals surface area contributed by atoms with Gasteiger partial charge in [0.2, 0.25) is 5.91 Å². The van der Waals surface area contributed by atoms with Crippen molar-refractivity contribution in [2.45, 2.75) is 44.3 Å². The first-order chi connectivity index (χ1) is 10.5. The lowest BCUT2D eigenvalue weighted by atomic mass is 9.89. The zero-order valence-corrected chi connectivity index (χ0v) is 15.3. The van der Waals surface area contributed by atoms with E-state index in [9.17, 15) is 4.79 Å². The first kappa shape index (κ1) is 19.1. The quantitative estimate of drug-likeness (QED) is 0.554. The van der Waals surface area contributed by atoms with Gasteiger partial charge in [-0.15, -0.1) is 0 Å². The summed E-state index contributed by atoms with van der Waals surface area (Å²) in [6.07, 6.45) is 8.77. The summed E-state index contributed by atoms with van der Waals surface area (Å²) in [5.41, 5.74) is 0. The molecule has 128 valence electrons. The number of amides is 1. The zero-order chi connectivity index (χ0) is 16.4. The Morgan fingerprint density at radius 2 is 1.95 bits per heavy atom. The molecule has 1 unspecified atom stereocenters. The average molecular weight is 329 g/mol. The lowest BCUT2D eigenvalue weighted by Gasteiger charge is -2.23. The number of hydrogen-bond acceptors (Lipinski definition) is 3. The second-order valence-corrected chi connectivity index (χ2v) is 7.54. The summed E-state index contributed by atoms with van der Waals surface area (Å²) in [5, 5.41) is 7.29. The minimum absolute atomic E-state index is 0.0247. The molecule has 0 aliphatic heterocycles. The van der Waals surface area contributed by atoms with E-state index < -0.39 is 0 Å². The minimum atomic E-state index is 0.0247. The Labute approximate surface area is 139 Å². The van der Waals surface area contributed by atoms with Gasteiger partial charge in [-0.25, -0.2) is 4.99 Å². The predicted octanol–water partition coefficient (Wildman–Crippen LogP) is 1.94. The highest BCUT2D eigenvalue weighted by atomic mass is 32.2. The van der Waals surface area contributed by atoms with Gasteiger partial charge in [0, 0.05) is 32.4 Å². The molecule has 1 amide bonds. The molecule has 0 spiro atoms. The number of likely N-dealkylation sites (N-methyl/N-ethyl adjacent to an activating group) is 1. The second kappa shape index (κ2) is 10.8. The van der Waals surface area contributed by atoms with Crippen molar-refractivity contribution >= 4 is 23.6 Å². The number of rotatable bonds is 7. The largest absolute Gasteiger partial charge is 0.356 e. The van der Waals surface area contributed by atoms with E-state index in [2.05, 4.69) is 28.8 Å². The van der Waals surface area contributed by atoms with Crippen LogP contribution in [0.3, 0.4) is 0 Å². The van der Waals surface area contributed by atoms with Crippen LogP contribution in [0.4, 0.5) is 0 Å². The molecule has 1 rings (SSSR count). The maximum atomic E-state index is 11.7. The number of nitrogens with zero attached hydrogens (tertiary/aromatic N) is 2. The minimum Gasteiger partial charge on any atom is -0.356 e. The van der Waals surface area contributed by atoms with Gasteiger partial charge >= 0.3 is 0 Å². The molecule has 0 aromatic rings. The third kappa shape index (κ3) is 7.92. The number of hydrogen-bond donors (Lipinski definition) is 2. The average Bonchev–Trinajstić information content (AvgIpc) is 2.54. The molecule has 0 radical (unpaired) electrons. The molecule has 0 bridgehead atoms. The van der Waals surface area contributed by atoms with Crippen LogP contribution >= 0.6 is 11.8 Å². The van der Waals surface area contributed by atoms with Crippen molar-refractivity contribution in [1.82, 2.24) is 15.5 Å². The SMILES string of the molecule is CSC(C)CNC(=NCC(=O)N(C)C)NCC1CCCCC1. The van der Waals surface area contributed by atoms with Crippen molar-refractivity contribution in [3.8, 4) is 0 Å². The van der Waals surface area contributed by atoms with Crippen LogP contribution in [0.2, 0.25) is 0 Å². The number of thioether (sulfide) groups is 1. The topological polar surface area (TPSA) is 56.7 Å². The molecule has 0 heterocycles. The fourth-order valence-electron chi connectivity index (χ4n) is 2.42. The van der Waals surface area contributed by atoms with E-state index in [1.165, 1.54) is 32.1 Å². The Kier molecular flexibility index (Phi) is 9.36. The van der Waals surface area contributed by atoms with E-state index in [0.717, 1.165) is 25.0 Å². The van der Waals surface area contributed by atoms with Crippen LogP contribution in [-0.4, -0.2) is 62.0 Å². The Balaban J connectivity index is 2.48. The molecule has 0 aromatic heterocycles. The van der Waals surface area contributed by atoms with E-state index in [1.807, 2.05) is 11.8 Å². The number of carbonyl (C=O) groups is 1. The van der Waals surface area contributed by atoms with Crippen molar-refractivity contribution in [1.29, 1.82) is 0 Å². The van der Waals surface area contributed by atoms with Gasteiger partial charge in [-0.3, -0.25) is 4.79 Å². The lowest BCUT2D eigenvalue weighted by molar-refractivity contribution is -0.127. The number of aliphatic imine (C=N–C) groups is 1. The highest BCUT2D eigenvalue weighted by molar-refractivity contribution is 7.99. The molecule has 1 aliphatic carbocycles. The molecular formula is C16H32N4OS. The third-order valence-corrected chi connectivity index (χ3v) is 5.08. The van der Waals surface area contributed by atoms with Crippen molar-refractivity contribution in [2.75, 3.05) is 40.0 Å². The summed E-state index contributed by atoms with van der Waals surface area (Å²) >= 11 is 1.82. The van der Waals surface area contributed by atoms with Crippen LogP contribution in [0, 0.1) is 5.92 Å². The summed E-state index contributed by atoms with van der Waals surface area (Å²) in [4.78, 5) is 17.7. The summed E-state index contributed by atoms with van der Waals surface area (Å²) in [6.45, 7) is 4.19. The Hall–Kier alpha value is -0.910. The summed E-state index contributed by atoms with van der Waals surface area (Å²) < 4.78 is 0. The Bertz CT molecular complexity index is 354. The monoisotopic (exact) mass is 328 g/mol. The fraction of sp³-hybridized carbons (Fsp3) is 0.875. The molecule has 1 saturated carbocycles. The maximum absolute atomic E-state index is 11.7. The van der Waals surface area contributed by atoms with Crippen LogP contribution in [0.25, 0.3) is 0 Å². The fourth-order valence-corrected chi connectivity index (χ4v) is 2.67. The van der Waals surface area contributed by atoms with E-state index >= 15 is 0 Å². The van der Waals surface area contributed by atoms with Crippen LogP contribution < -0.4 is 10.6 Å². The maximum Gasteiger partial charge on any atom is 0.243 e. The predicted molar refractivity (Wildman–Crippen MR) is 96.6 cm³/mol. The zero-order valence-electron chi connectivity index (χ0n) is 14.5. The van der Waals surface area contributed by atoms with Gasteiger partial charge < -0.3 is 15.5 Å². The number of nitrogens with one attached hydrogen (secondary N) is 2. The van der Waals surface area contributed by atoms with E-state index in [1.54, 1.807) is 19.0 Å². The molecule has 5 nitrogen and oxygen atoms in total. The third-order valence-electron chi connectivity index (χ3n) is 4.11. The molecule has 1 atom stereocenters. The summed E-state index contributed by atoms with van der Waals surface area (Å²) in [5.74, 6) is 1.53. The van der Waals surface area contributed by atoms with Crippen LogP contribution in [-0.2, 0) is 4.79 Å². The van der Waals surface area contributed by atoms with Gasteiger partial charge in [-0.05, 0) is 25.0 Å². The molecular weight excluding hydrogens is 296 g/mol. The molecule has 1 aliphatic rings. The number of carbonyl (C=O) groups excluding carboxylic acids is 1. The van der Waals surface area contributed by atoms with Gasteiger partial charge in [0.25, 0.3) is 0 Å². The van der Waals surface area contributed by atoms with Crippen LogP contribution in [0.15, 0.2) is 4.99 Å². The van der Waals surface area contributed by atoms with Crippen molar-refractivity contribution < 1.29 is 4.79 Å². The first-order valence-electron chi connectivity index (χ1n) is 8.28. The summed E-state index contributed by atoms with van der Waals surface area (Å²) in [7, 11) is 3.52. The molecule has 2 N–H and O–H groups in total. The van der Waals surface area contributed by atoms with Crippen LogP contribution in [0.5, 0.6) is 0 Å².